The van der Waals surface area contributed by atoms with Crippen LogP contribution >= 0.6 is 0 Å². The zero-order valence-corrected chi connectivity index (χ0v) is 12.8. The van der Waals surface area contributed by atoms with Gasteiger partial charge in [-0.05, 0) is 61.3 Å². The average Bonchev–Trinajstić information content (AvgIpc) is 2.55. The van der Waals surface area contributed by atoms with Gasteiger partial charge in [-0.25, -0.2) is 0 Å². The number of pyridine rings is 1. The van der Waals surface area contributed by atoms with Crippen molar-refractivity contribution < 1.29 is 0 Å². The number of nitrogens with one attached hydrogen (secondary N) is 1. The minimum Gasteiger partial charge on any atom is -0.310 e. The second kappa shape index (κ2) is 6.86. The van der Waals surface area contributed by atoms with Gasteiger partial charge in [-0.15, -0.1) is 0 Å². The molecule has 1 heterocycles. The molecule has 0 saturated heterocycles. The van der Waals surface area contributed by atoms with E-state index in [1.165, 1.54) is 42.4 Å². The lowest BCUT2D eigenvalue weighted by molar-refractivity contribution is 0.341. The Balaban J connectivity index is 1.49. The van der Waals surface area contributed by atoms with Crippen molar-refractivity contribution in [1.82, 2.24) is 10.3 Å². The first-order valence-electron chi connectivity index (χ1n) is 8.01. The highest BCUT2D eigenvalue weighted by atomic mass is 14.9. The summed E-state index contributed by atoms with van der Waals surface area (Å²) in [4.78, 5) is 4.22. The molecule has 110 valence electrons. The average molecular weight is 280 g/mol. The van der Waals surface area contributed by atoms with Crippen molar-refractivity contribution >= 4 is 0 Å². The van der Waals surface area contributed by atoms with Crippen molar-refractivity contribution in [2.24, 2.45) is 0 Å². The molecule has 21 heavy (non-hydrogen) atoms. The van der Waals surface area contributed by atoms with Gasteiger partial charge >= 0.3 is 0 Å². The quantitative estimate of drug-likeness (QED) is 0.907. The molecule has 1 fully saturated rings. The van der Waals surface area contributed by atoms with E-state index in [1.807, 2.05) is 12.4 Å². The minimum absolute atomic E-state index is 0.657. The number of hydrogen-bond donors (Lipinski definition) is 1. The van der Waals surface area contributed by atoms with Gasteiger partial charge in [-0.1, -0.05) is 30.3 Å². The normalized spacial score (nSPS) is 22.1. The summed E-state index contributed by atoms with van der Waals surface area (Å²) in [5, 5.41) is 3.71. The van der Waals surface area contributed by atoms with Gasteiger partial charge in [-0.3, -0.25) is 4.98 Å². The molecule has 1 aliphatic rings. The molecule has 1 aliphatic carbocycles. The fourth-order valence-corrected chi connectivity index (χ4v) is 3.29. The summed E-state index contributed by atoms with van der Waals surface area (Å²) in [5.74, 6) is 0.754. The lowest BCUT2D eigenvalue weighted by Crippen LogP contribution is -2.32. The summed E-state index contributed by atoms with van der Waals surface area (Å²) in [5.41, 5.74) is 4.16. The molecule has 2 heteroatoms. The highest BCUT2D eigenvalue weighted by Gasteiger charge is 2.21. The van der Waals surface area contributed by atoms with E-state index in [0.717, 1.165) is 12.5 Å². The molecule has 1 N–H and O–H groups in total. The molecule has 0 aliphatic heterocycles. The third-order valence-corrected chi connectivity index (χ3v) is 4.73. The summed E-state index contributed by atoms with van der Waals surface area (Å²) < 4.78 is 0. The molecule has 2 nitrogen and oxygen atoms in total. The Morgan fingerprint density at radius 2 is 1.81 bits per heavy atom. The van der Waals surface area contributed by atoms with Crippen LogP contribution in [-0.2, 0) is 6.54 Å². The molecule has 1 aromatic carbocycles. The van der Waals surface area contributed by atoms with E-state index in [2.05, 4.69) is 53.6 Å². The Bertz CT molecular complexity index is 557. The van der Waals surface area contributed by atoms with Gasteiger partial charge in [0, 0.05) is 25.0 Å². The predicted molar refractivity (Wildman–Crippen MR) is 87.3 cm³/mol. The van der Waals surface area contributed by atoms with Crippen LogP contribution in [0.5, 0.6) is 0 Å². The summed E-state index contributed by atoms with van der Waals surface area (Å²) in [6.45, 7) is 3.10. The zero-order chi connectivity index (χ0) is 14.5. The van der Waals surface area contributed by atoms with Crippen LogP contribution in [0.25, 0.3) is 0 Å². The Kier molecular flexibility index (Phi) is 4.66. The largest absolute Gasteiger partial charge is 0.310 e. The first-order chi connectivity index (χ1) is 10.3. The minimum atomic E-state index is 0.657. The third-order valence-electron chi connectivity index (χ3n) is 4.73. The molecule has 0 spiro atoms. The van der Waals surface area contributed by atoms with Crippen LogP contribution in [0.1, 0.15) is 48.3 Å². The van der Waals surface area contributed by atoms with Crippen LogP contribution in [0, 0.1) is 6.92 Å². The van der Waals surface area contributed by atoms with Crippen molar-refractivity contribution in [2.45, 2.75) is 51.1 Å². The lowest BCUT2D eigenvalue weighted by Gasteiger charge is -2.29. The Morgan fingerprint density at radius 3 is 2.52 bits per heavy atom. The Morgan fingerprint density at radius 1 is 1.05 bits per heavy atom. The lowest BCUT2D eigenvalue weighted by atomic mass is 9.82. The first kappa shape index (κ1) is 14.3. The molecule has 0 atom stereocenters. The van der Waals surface area contributed by atoms with E-state index >= 15 is 0 Å². The number of aryl methyl sites for hydroxylation is 1. The molecular formula is C19H24N2. The standard InChI is InChI=1S/C19H24N2/c1-15-11-12-20-13-18(15)14-21-19-9-7-17(8-10-19)16-5-3-2-4-6-16/h2-6,11-13,17,19,21H,7-10,14H2,1H3. The highest BCUT2D eigenvalue weighted by molar-refractivity contribution is 5.22. The van der Waals surface area contributed by atoms with Crippen molar-refractivity contribution in [3.63, 3.8) is 0 Å². The van der Waals surface area contributed by atoms with Gasteiger partial charge in [0.1, 0.15) is 0 Å². The molecule has 2 aromatic rings. The van der Waals surface area contributed by atoms with Crippen LogP contribution in [0.4, 0.5) is 0 Å². The molecule has 1 saturated carbocycles. The monoisotopic (exact) mass is 280 g/mol. The maximum Gasteiger partial charge on any atom is 0.0315 e. The van der Waals surface area contributed by atoms with E-state index in [4.69, 9.17) is 0 Å². The maximum absolute atomic E-state index is 4.22. The Hall–Kier alpha value is -1.67. The van der Waals surface area contributed by atoms with Gasteiger partial charge < -0.3 is 5.32 Å². The van der Waals surface area contributed by atoms with Crippen LogP contribution in [0.3, 0.4) is 0 Å². The van der Waals surface area contributed by atoms with Gasteiger partial charge in [0.05, 0.1) is 0 Å². The molecule has 0 unspecified atom stereocenters. The van der Waals surface area contributed by atoms with E-state index in [9.17, 15) is 0 Å². The van der Waals surface area contributed by atoms with Gasteiger partial charge in [-0.2, -0.15) is 0 Å². The summed E-state index contributed by atoms with van der Waals surface area (Å²) in [6.07, 6.45) is 9.00. The number of hydrogen-bond acceptors (Lipinski definition) is 2. The van der Waals surface area contributed by atoms with E-state index < -0.39 is 0 Å². The summed E-state index contributed by atoms with van der Waals surface area (Å²) in [6, 6.07) is 13.7. The fraction of sp³-hybridized carbons (Fsp3) is 0.421. The topological polar surface area (TPSA) is 24.9 Å². The van der Waals surface area contributed by atoms with Gasteiger partial charge in [0.25, 0.3) is 0 Å². The summed E-state index contributed by atoms with van der Waals surface area (Å²) in [7, 11) is 0. The van der Waals surface area contributed by atoms with Crippen LogP contribution in [0.15, 0.2) is 48.8 Å². The van der Waals surface area contributed by atoms with Crippen LogP contribution < -0.4 is 5.32 Å². The number of nitrogens with zero attached hydrogens (tertiary/aromatic N) is 1. The van der Waals surface area contributed by atoms with Crippen LogP contribution in [0.2, 0.25) is 0 Å². The van der Waals surface area contributed by atoms with Crippen molar-refractivity contribution in [3.05, 3.63) is 65.5 Å². The first-order valence-corrected chi connectivity index (χ1v) is 8.01. The van der Waals surface area contributed by atoms with Crippen molar-refractivity contribution in [1.29, 1.82) is 0 Å². The maximum atomic E-state index is 4.22. The number of benzene rings is 1. The predicted octanol–water partition coefficient (Wildman–Crippen LogP) is 4.21. The van der Waals surface area contributed by atoms with E-state index in [0.29, 0.717) is 6.04 Å². The van der Waals surface area contributed by atoms with Crippen LogP contribution in [-0.4, -0.2) is 11.0 Å². The van der Waals surface area contributed by atoms with E-state index in [1.54, 1.807) is 0 Å². The molecular weight excluding hydrogens is 256 g/mol. The van der Waals surface area contributed by atoms with Crippen molar-refractivity contribution in [2.75, 3.05) is 0 Å². The SMILES string of the molecule is Cc1ccncc1CNC1CCC(c2ccccc2)CC1. The molecule has 3 rings (SSSR count). The molecule has 0 amide bonds. The zero-order valence-electron chi connectivity index (χ0n) is 12.8. The number of aromatic nitrogens is 1. The second-order valence-electron chi connectivity index (χ2n) is 6.14. The second-order valence-corrected chi connectivity index (χ2v) is 6.14. The van der Waals surface area contributed by atoms with Crippen molar-refractivity contribution in [3.8, 4) is 0 Å². The highest BCUT2D eigenvalue weighted by Crippen LogP contribution is 2.32. The molecule has 0 bridgehead atoms. The molecule has 0 radical (unpaired) electrons. The Labute approximate surface area is 127 Å². The van der Waals surface area contributed by atoms with Gasteiger partial charge in [0.15, 0.2) is 0 Å². The summed E-state index contributed by atoms with van der Waals surface area (Å²) >= 11 is 0. The molecule has 1 aromatic heterocycles. The van der Waals surface area contributed by atoms with E-state index in [-0.39, 0.29) is 0 Å². The smallest absolute Gasteiger partial charge is 0.0315 e. The number of rotatable bonds is 4. The third kappa shape index (κ3) is 3.70. The fourth-order valence-electron chi connectivity index (χ4n) is 3.29. The van der Waals surface area contributed by atoms with Gasteiger partial charge in [0.2, 0.25) is 0 Å².